The molecule has 2 aromatic heterocycles. The van der Waals surface area contributed by atoms with Crippen molar-refractivity contribution in [1.82, 2.24) is 14.6 Å². The Labute approximate surface area is 152 Å². The van der Waals surface area contributed by atoms with E-state index in [0.717, 1.165) is 0 Å². The first-order chi connectivity index (χ1) is 11.9. The predicted octanol–water partition coefficient (Wildman–Crippen LogP) is 4.05. The highest BCUT2D eigenvalue weighted by Crippen LogP contribution is 2.20. The topological polar surface area (TPSA) is 86.0 Å². The van der Waals surface area contributed by atoms with Gasteiger partial charge in [-0.15, -0.1) is 10.00 Å². The molecular weight excluding hydrogens is 336 g/mol. The Bertz CT molecular complexity index is 815. The van der Waals surface area contributed by atoms with Crippen molar-refractivity contribution < 1.29 is 19.1 Å². The molecule has 0 radical (unpaired) electrons. The molecule has 26 heavy (non-hydrogen) atoms. The molecule has 0 saturated heterocycles. The van der Waals surface area contributed by atoms with Crippen molar-refractivity contribution in [3.05, 3.63) is 30.5 Å². The first-order valence-electron chi connectivity index (χ1n) is 8.15. The first kappa shape index (κ1) is 19.4. The monoisotopic (exact) mass is 360 g/mol. The van der Waals surface area contributed by atoms with Gasteiger partial charge in [-0.05, 0) is 59.8 Å². The van der Waals surface area contributed by atoms with Gasteiger partial charge in [0, 0.05) is 0 Å². The third kappa shape index (κ3) is 4.59. The molecule has 0 unspecified atom stereocenters. The van der Waals surface area contributed by atoms with Gasteiger partial charge in [-0.25, -0.2) is 14.1 Å². The second kappa shape index (κ2) is 6.78. The third-order valence-electron chi connectivity index (χ3n) is 2.94. The molecule has 8 heteroatoms. The van der Waals surface area contributed by atoms with Gasteiger partial charge < -0.3 is 9.47 Å². The Morgan fingerprint density at radius 2 is 1.62 bits per heavy atom. The maximum atomic E-state index is 12.6. The summed E-state index contributed by atoms with van der Waals surface area (Å²) >= 11 is 0. The van der Waals surface area contributed by atoms with Gasteiger partial charge in [0.25, 0.3) is 5.95 Å². The van der Waals surface area contributed by atoms with Gasteiger partial charge in [0.2, 0.25) is 0 Å². The van der Waals surface area contributed by atoms with Crippen molar-refractivity contribution in [1.29, 1.82) is 0 Å². The summed E-state index contributed by atoms with van der Waals surface area (Å²) in [6.07, 6.45) is -0.234. The normalized spacial score (nSPS) is 11.9. The number of carbonyl (C=O) groups excluding carboxylic acids is 2. The van der Waals surface area contributed by atoms with Crippen molar-refractivity contribution in [2.24, 2.45) is 0 Å². The largest absolute Gasteiger partial charge is 0.443 e. The number of aromatic nitrogens is 3. The van der Waals surface area contributed by atoms with Crippen LogP contribution in [0.5, 0.6) is 0 Å². The molecule has 0 bridgehead atoms. The summed E-state index contributed by atoms with van der Waals surface area (Å²) in [5, 5.41) is 4.24. The lowest BCUT2D eigenvalue weighted by atomic mass is 10.2. The standard InChI is InChI=1S/C18H24N4O4/c1-8-12-10-9-11-13-19-14(20-22(12)13)21(15(23)25-17(2,3)4)16(24)26-18(5,6)7/h8-11H,1H2,2-7H3. The highest BCUT2D eigenvalue weighted by Gasteiger charge is 2.35. The fourth-order valence-corrected chi connectivity index (χ4v) is 2.02. The van der Waals surface area contributed by atoms with Crippen LogP contribution in [0.15, 0.2) is 24.8 Å². The van der Waals surface area contributed by atoms with Gasteiger partial charge >= 0.3 is 12.2 Å². The number of ether oxygens (including phenoxy) is 2. The van der Waals surface area contributed by atoms with E-state index in [9.17, 15) is 9.59 Å². The van der Waals surface area contributed by atoms with Gasteiger partial charge in [-0.3, -0.25) is 0 Å². The molecule has 2 rings (SSSR count). The number of hydrogen-bond donors (Lipinski definition) is 0. The van der Waals surface area contributed by atoms with E-state index < -0.39 is 23.4 Å². The van der Waals surface area contributed by atoms with Crippen LogP contribution in [-0.4, -0.2) is 38.0 Å². The number of nitrogens with zero attached hydrogens (tertiary/aromatic N) is 4. The summed E-state index contributed by atoms with van der Waals surface area (Å²) < 4.78 is 12.1. The Morgan fingerprint density at radius 1 is 1.08 bits per heavy atom. The summed E-state index contributed by atoms with van der Waals surface area (Å²) in [5.74, 6) is -0.136. The predicted molar refractivity (Wildman–Crippen MR) is 98.0 cm³/mol. The van der Waals surface area contributed by atoms with Gasteiger partial charge in [-0.1, -0.05) is 12.6 Å². The zero-order valence-corrected chi connectivity index (χ0v) is 15.9. The average molecular weight is 360 g/mol. The van der Waals surface area contributed by atoms with Crippen LogP contribution in [0, 0.1) is 0 Å². The van der Waals surface area contributed by atoms with Crippen LogP contribution < -0.4 is 4.90 Å². The van der Waals surface area contributed by atoms with E-state index in [2.05, 4.69) is 16.7 Å². The van der Waals surface area contributed by atoms with Crippen molar-refractivity contribution in [3.8, 4) is 0 Å². The highest BCUT2D eigenvalue weighted by molar-refractivity contribution is 6.08. The molecule has 0 aliphatic rings. The van der Waals surface area contributed by atoms with Gasteiger partial charge in [0.1, 0.15) is 11.2 Å². The molecule has 0 saturated carbocycles. The maximum Gasteiger partial charge on any atom is 0.427 e. The van der Waals surface area contributed by atoms with Crippen molar-refractivity contribution in [2.45, 2.75) is 52.7 Å². The minimum Gasteiger partial charge on any atom is -0.443 e. The van der Waals surface area contributed by atoms with Gasteiger partial charge in [0.15, 0.2) is 5.65 Å². The van der Waals surface area contributed by atoms with E-state index in [-0.39, 0.29) is 5.95 Å². The number of rotatable bonds is 2. The first-order valence-corrected chi connectivity index (χ1v) is 8.15. The van der Waals surface area contributed by atoms with Gasteiger partial charge in [0.05, 0.1) is 5.69 Å². The van der Waals surface area contributed by atoms with Crippen molar-refractivity contribution in [2.75, 3.05) is 4.90 Å². The number of amides is 2. The van der Waals surface area contributed by atoms with Crippen LogP contribution in [0.2, 0.25) is 0 Å². The summed E-state index contributed by atoms with van der Waals surface area (Å²) in [6.45, 7) is 13.9. The minimum atomic E-state index is -0.914. The molecule has 0 spiro atoms. The molecule has 0 fully saturated rings. The zero-order chi connectivity index (χ0) is 19.7. The van der Waals surface area contributed by atoms with Crippen LogP contribution in [0.3, 0.4) is 0 Å². The number of carbonyl (C=O) groups is 2. The SMILES string of the molecule is C=Cc1cccc2nc(N(C(=O)OC(C)(C)C)C(=O)OC(C)(C)C)nn12. The summed E-state index contributed by atoms with van der Waals surface area (Å²) in [4.78, 5) is 30.2. The molecule has 2 aromatic rings. The van der Waals surface area contributed by atoms with E-state index in [1.807, 2.05) is 0 Å². The molecule has 2 heterocycles. The molecule has 0 aliphatic carbocycles. The maximum absolute atomic E-state index is 12.6. The lowest BCUT2D eigenvalue weighted by Crippen LogP contribution is -2.44. The number of fused-ring (bicyclic) bond motifs is 1. The molecule has 140 valence electrons. The Hall–Kier alpha value is -2.90. The van der Waals surface area contributed by atoms with E-state index in [1.165, 1.54) is 4.52 Å². The Balaban J connectivity index is 2.51. The number of imide groups is 1. The minimum absolute atomic E-state index is 0.136. The number of pyridine rings is 1. The molecule has 0 aliphatic heterocycles. The second-order valence-corrected chi connectivity index (χ2v) is 7.63. The second-order valence-electron chi connectivity index (χ2n) is 7.63. The van der Waals surface area contributed by atoms with Crippen LogP contribution in [0.25, 0.3) is 11.7 Å². The Morgan fingerprint density at radius 3 is 2.08 bits per heavy atom. The van der Waals surface area contributed by atoms with Gasteiger partial charge in [-0.2, -0.15) is 4.98 Å². The lowest BCUT2D eigenvalue weighted by molar-refractivity contribution is 0.0427. The van der Waals surface area contributed by atoms with E-state index in [1.54, 1.807) is 65.8 Å². The summed E-state index contributed by atoms with van der Waals surface area (Å²) in [5.41, 5.74) is -0.491. The fourth-order valence-electron chi connectivity index (χ4n) is 2.02. The molecule has 0 N–H and O–H groups in total. The smallest absolute Gasteiger partial charge is 0.427 e. The Kier molecular flexibility index (Phi) is 5.06. The van der Waals surface area contributed by atoms with E-state index >= 15 is 0 Å². The van der Waals surface area contributed by atoms with E-state index in [4.69, 9.17) is 9.47 Å². The van der Waals surface area contributed by atoms with Crippen LogP contribution in [0.1, 0.15) is 47.2 Å². The molecule has 0 aromatic carbocycles. The quantitative estimate of drug-likeness (QED) is 0.803. The average Bonchev–Trinajstić information content (AvgIpc) is 2.86. The molecule has 0 atom stereocenters. The molecule has 2 amide bonds. The van der Waals surface area contributed by atoms with Crippen LogP contribution in [0.4, 0.5) is 15.5 Å². The zero-order valence-electron chi connectivity index (χ0n) is 15.9. The lowest BCUT2D eigenvalue weighted by Gasteiger charge is -2.26. The van der Waals surface area contributed by atoms with E-state index in [0.29, 0.717) is 16.2 Å². The fraction of sp³-hybridized carbons (Fsp3) is 0.444. The summed E-state index contributed by atoms with van der Waals surface area (Å²) in [6, 6.07) is 5.26. The highest BCUT2D eigenvalue weighted by atomic mass is 16.6. The number of anilines is 1. The molecular formula is C18H24N4O4. The van der Waals surface area contributed by atoms with Crippen LogP contribution in [-0.2, 0) is 9.47 Å². The van der Waals surface area contributed by atoms with Crippen molar-refractivity contribution >= 4 is 29.9 Å². The molecule has 8 nitrogen and oxygen atoms in total. The third-order valence-corrected chi connectivity index (χ3v) is 2.94. The van der Waals surface area contributed by atoms with Crippen LogP contribution >= 0.6 is 0 Å². The number of hydrogen-bond acceptors (Lipinski definition) is 6. The van der Waals surface area contributed by atoms with Crippen molar-refractivity contribution in [3.63, 3.8) is 0 Å². The summed E-state index contributed by atoms with van der Waals surface area (Å²) in [7, 11) is 0.